The van der Waals surface area contributed by atoms with Gasteiger partial charge in [-0.05, 0) is 35.7 Å². The van der Waals surface area contributed by atoms with Gasteiger partial charge in [0.25, 0.3) is 0 Å². The van der Waals surface area contributed by atoms with Crippen LogP contribution in [-0.4, -0.2) is 18.1 Å². The fraction of sp³-hybridized carbons (Fsp3) is 0.133. The Balaban J connectivity index is 1.64. The van der Waals surface area contributed by atoms with Gasteiger partial charge in [-0.25, -0.2) is 9.80 Å². The summed E-state index contributed by atoms with van der Waals surface area (Å²) in [4.78, 5) is 12.8. The number of hydrogen-bond acceptors (Lipinski definition) is 6. The van der Waals surface area contributed by atoms with E-state index in [0.29, 0.717) is 5.04 Å². The second-order valence-electron chi connectivity index (χ2n) is 8.79. The summed E-state index contributed by atoms with van der Waals surface area (Å²) in [5.74, 6) is -0.427. The monoisotopic (exact) mass is 508 g/mol. The number of esters is 1. The van der Waals surface area contributed by atoms with Gasteiger partial charge >= 0.3 is 5.97 Å². The summed E-state index contributed by atoms with van der Waals surface area (Å²) in [6, 6.07) is 38.0. The van der Waals surface area contributed by atoms with Crippen LogP contribution in [0.15, 0.2) is 114 Å². The number of aryl methyl sites for hydroxylation is 1. The summed E-state index contributed by atoms with van der Waals surface area (Å²) in [6.45, 7) is 2.07. The van der Waals surface area contributed by atoms with E-state index in [4.69, 9.17) is 9.84 Å². The minimum Gasteiger partial charge on any atom is -0.464 e. The second-order valence-corrected chi connectivity index (χ2v) is 11.6. The largest absolute Gasteiger partial charge is 0.464 e. The quantitative estimate of drug-likeness (QED) is 0.281. The highest BCUT2D eigenvalue weighted by Gasteiger charge is 2.61. The third-order valence-electron chi connectivity index (χ3n) is 6.64. The van der Waals surface area contributed by atoms with E-state index in [1.54, 1.807) is 0 Å². The van der Waals surface area contributed by atoms with Gasteiger partial charge in [0.1, 0.15) is 0 Å². The minimum atomic E-state index is -0.707. The average Bonchev–Trinajstić information content (AvgIpc) is 3.47. The Morgan fingerprint density at radius 2 is 1.33 bits per heavy atom. The van der Waals surface area contributed by atoms with Crippen molar-refractivity contribution in [1.29, 1.82) is 0 Å². The first-order chi connectivity index (χ1) is 17.6. The van der Waals surface area contributed by atoms with Gasteiger partial charge in [-0.1, -0.05) is 126 Å². The Morgan fingerprint density at radius 1 is 0.778 bits per heavy atom. The molecule has 0 fully saturated rings. The van der Waals surface area contributed by atoms with Gasteiger partial charge in [0.05, 0.1) is 17.5 Å². The van der Waals surface area contributed by atoms with Crippen molar-refractivity contribution in [2.45, 2.75) is 15.9 Å². The Morgan fingerprint density at radius 3 is 1.92 bits per heavy atom. The molecule has 2 heterocycles. The molecular formula is C30H24N2O2S2. The van der Waals surface area contributed by atoms with Crippen LogP contribution in [0.3, 0.4) is 0 Å². The fourth-order valence-corrected chi connectivity index (χ4v) is 8.57. The van der Waals surface area contributed by atoms with E-state index in [2.05, 4.69) is 104 Å². The van der Waals surface area contributed by atoms with Crippen molar-refractivity contribution in [2.24, 2.45) is 5.10 Å². The number of thioether (sulfide) groups is 2. The van der Waals surface area contributed by atoms with E-state index in [0.717, 1.165) is 11.3 Å². The maximum absolute atomic E-state index is 12.8. The number of carbonyl (C=O) groups is 1. The normalized spacial score (nSPS) is 19.7. The van der Waals surface area contributed by atoms with Gasteiger partial charge in [0.2, 0.25) is 5.04 Å². The molecule has 0 saturated carbocycles. The molecule has 178 valence electrons. The van der Waals surface area contributed by atoms with Crippen molar-refractivity contribution >= 4 is 40.2 Å². The molecule has 0 N–H and O–H groups in total. The fourth-order valence-electron chi connectivity index (χ4n) is 4.99. The number of rotatable bonds is 4. The van der Waals surface area contributed by atoms with Gasteiger partial charge in [-0.3, -0.25) is 0 Å². The van der Waals surface area contributed by atoms with E-state index < -0.39 is 14.9 Å². The highest BCUT2D eigenvalue weighted by Crippen LogP contribution is 2.70. The predicted molar refractivity (Wildman–Crippen MR) is 149 cm³/mol. The third-order valence-corrected chi connectivity index (χ3v) is 9.92. The number of ether oxygens (including phenoxy) is 1. The molecule has 4 aromatic rings. The molecule has 36 heavy (non-hydrogen) atoms. The molecule has 0 aromatic heterocycles. The molecule has 1 atom stereocenters. The maximum Gasteiger partial charge on any atom is 0.365 e. The molecule has 6 heteroatoms. The van der Waals surface area contributed by atoms with Crippen molar-refractivity contribution < 1.29 is 9.53 Å². The zero-order valence-corrected chi connectivity index (χ0v) is 21.6. The highest BCUT2D eigenvalue weighted by atomic mass is 32.2. The molecule has 0 radical (unpaired) electrons. The van der Waals surface area contributed by atoms with Gasteiger partial charge in [-0.2, -0.15) is 5.10 Å². The number of anilines is 1. The number of hydrazone groups is 1. The molecule has 0 aliphatic carbocycles. The molecular weight excluding hydrogens is 484 g/mol. The SMILES string of the molecule is COC(=O)C1=NN(c2ccc(C)cc2)[C@@]2(S1)SC(c1ccccc1)(c1ccccc1)c1ccccc12. The van der Waals surface area contributed by atoms with E-state index in [-0.39, 0.29) is 0 Å². The van der Waals surface area contributed by atoms with Crippen LogP contribution in [0.2, 0.25) is 0 Å². The number of methoxy groups -OCH3 is 1. The van der Waals surface area contributed by atoms with E-state index >= 15 is 0 Å². The van der Waals surface area contributed by atoms with Crippen LogP contribution in [0.4, 0.5) is 5.69 Å². The molecule has 2 aliphatic heterocycles. The summed E-state index contributed by atoms with van der Waals surface area (Å²) in [5, 5.41) is 7.21. The average molecular weight is 509 g/mol. The van der Waals surface area contributed by atoms with E-state index in [9.17, 15) is 4.79 Å². The van der Waals surface area contributed by atoms with Crippen molar-refractivity contribution in [3.05, 3.63) is 137 Å². The first-order valence-electron chi connectivity index (χ1n) is 11.7. The lowest BCUT2D eigenvalue weighted by Crippen LogP contribution is -2.34. The van der Waals surface area contributed by atoms with Crippen molar-refractivity contribution in [3.63, 3.8) is 0 Å². The summed E-state index contributed by atoms with van der Waals surface area (Å²) >= 11 is 3.27. The number of carbonyl (C=O) groups excluding carboxylic acids is 1. The Hall–Kier alpha value is -3.48. The summed E-state index contributed by atoms with van der Waals surface area (Å²) in [7, 11) is 1.40. The van der Waals surface area contributed by atoms with E-state index in [1.165, 1.54) is 41.1 Å². The molecule has 4 aromatic carbocycles. The lowest BCUT2D eigenvalue weighted by molar-refractivity contribution is -0.132. The molecule has 0 amide bonds. The molecule has 4 nitrogen and oxygen atoms in total. The Bertz CT molecular complexity index is 1420. The standard InChI is InChI=1S/C30H24N2O2S2/c1-21-17-19-24(20-18-21)32-30(35-27(31-32)28(33)34-2)26-16-10-9-15-25(26)29(36-30,22-11-5-3-6-12-22)23-13-7-4-8-14-23/h3-20H,1-2H3/t30-/m0/s1. The first kappa shape index (κ1) is 23.0. The van der Waals surface area contributed by atoms with Crippen LogP contribution in [0.5, 0.6) is 0 Å². The predicted octanol–water partition coefficient (Wildman–Crippen LogP) is 6.88. The number of nitrogens with zero attached hydrogens (tertiary/aromatic N) is 2. The van der Waals surface area contributed by atoms with Crippen LogP contribution in [0, 0.1) is 6.92 Å². The molecule has 1 spiro atoms. The maximum atomic E-state index is 12.8. The molecule has 2 aliphatic rings. The zero-order chi connectivity index (χ0) is 24.8. The van der Waals surface area contributed by atoms with Gasteiger partial charge in [0, 0.05) is 5.56 Å². The Kier molecular flexibility index (Phi) is 5.66. The zero-order valence-electron chi connectivity index (χ0n) is 19.9. The smallest absolute Gasteiger partial charge is 0.365 e. The summed E-state index contributed by atoms with van der Waals surface area (Å²) in [5.41, 5.74) is 6.77. The van der Waals surface area contributed by atoms with Crippen LogP contribution >= 0.6 is 23.5 Å². The lowest BCUT2D eigenvalue weighted by Gasteiger charge is -2.37. The molecule has 0 unspecified atom stereocenters. The number of hydrogen-bond donors (Lipinski definition) is 0. The van der Waals surface area contributed by atoms with Gasteiger partial charge in [-0.15, -0.1) is 0 Å². The van der Waals surface area contributed by atoms with Crippen LogP contribution in [0.25, 0.3) is 0 Å². The van der Waals surface area contributed by atoms with Crippen molar-refractivity contribution in [2.75, 3.05) is 12.1 Å². The highest BCUT2D eigenvalue weighted by molar-refractivity contribution is 8.27. The van der Waals surface area contributed by atoms with Crippen LogP contribution in [0.1, 0.15) is 27.8 Å². The second kappa shape index (κ2) is 8.87. The first-order valence-corrected chi connectivity index (χ1v) is 13.4. The van der Waals surface area contributed by atoms with Gasteiger partial charge < -0.3 is 4.74 Å². The Labute approximate surface area is 219 Å². The minimum absolute atomic E-state index is 0.345. The van der Waals surface area contributed by atoms with E-state index in [1.807, 2.05) is 28.9 Å². The van der Waals surface area contributed by atoms with Crippen LogP contribution < -0.4 is 5.01 Å². The number of benzene rings is 4. The molecule has 0 saturated heterocycles. The van der Waals surface area contributed by atoms with Crippen molar-refractivity contribution in [1.82, 2.24) is 0 Å². The van der Waals surface area contributed by atoms with Crippen molar-refractivity contribution in [3.8, 4) is 0 Å². The number of fused-ring (bicyclic) bond motifs is 2. The third kappa shape index (κ3) is 3.39. The lowest BCUT2D eigenvalue weighted by atomic mass is 9.82. The molecule has 0 bridgehead atoms. The summed E-state index contributed by atoms with van der Waals surface area (Å²) < 4.78 is 3.91. The van der Waals surface area contributed by atoms with Crippen LogP contribution in [-0.2, 0) is 18.5 Å². The van der Waals surface area contributed by atoms with Gasteiger partial charge in [0.15, 0.2) is 4.20 Å². The summed E-state index contributed by atoms with van der Waals surface area (Å²) in [6.07, 6.45) is 0. The molecule has 6 rings (SSSR count). The topological polar surface area (TPSA) is 41.9 Å².